The maximum absolute atomic E-state index is 15.2. The molecule has 9 heteroatoms. The molecule has 0 unspecified atom stereocenters. The molecule has 0 aliphatic rings. The minimum atomic E-state index is -1.05. The number of benzene rings is 1. The summed E-state index contributed by atoms with van der Waals surface area (Å²) in [5.41, 5.74) is 4.05. The summed E-state index contributed by atoms with van der Waals surface area (Å²) in [6.07, 6.45) is 5.80. The molecule has 8 nitrogen and oxygen atoms in total. The van der Waals surface area contributed by atoms with Gasteiger partial charge in [0.05, 0.1) is 30.0 Å². The highest BCUT2D eigenvalue weighted by atomic mass is 19.1. The molecule has 0 bridgehead atoms. The third-order valence-electron chi connectivity index (χ3n) is 5.42. The van der Waals surface area contributed by atoms with Gasteiger partial charge in [0.25, 0.3) is 0 Å². The molecule has 0 radical (unpaired) electrons. The molecule has 0 aliphatic heterocycles. The van der Waals surface area contributed by atoms with Crippen LogP contribution in [-0.4, -0.2) is 36.9 Å². The predicted octanol–water partition coefficient (Wildman–Crippen LogP) is 4.78. The standard InChI is InChI=1S/C25H18FN5O3/c26-18-12-29-25-24(17-10-19(28-13-20(17)31-25)15-4-2-8-27-11-15)23(18)14-3-1-5-16(9-14)30-21(32)6-7-22(33)34/h1-5,8-13H,6-7H2,(H,29,31)(H,30,32)(H,33,34). The van der Waals surface area contributed by atoms with Gasteiger partial charge < -0.3 is 15.4 Å². The number of hydrogen-bond donors (Lipinski definition) is 3. The van der Waals surface area contributed by atoms with Crippen molar-refractivity contribution in [1.29, 1.82) is 0 Å². The number of nitrogens with one attached hydrogen (secondary N) is 2. The lowest BCUT2D eigenvalue weighted by molar-refractivity contribution is -0.138. The van der Waals surface area contributed by atoms with Crippen LogP contribution in [0.3, 0.4) is 0 Å². The van der Waals surface area contributed by atoms with E-state index in [0.29, 0.717) is 39.1 Å². The number of fused-ring (bicyclic) bond motifs is 3. The van der Waals surface area contributed by atoms with E-state index in [1.165, 1.54) is 0 Å². The zero-order valence-electron chi connectivity index (χ0n) is 17.7. The van der Waals surface area contributed by atoms with Gasteiger partial charge in [0.2, 0.25) is 5.91 Å². The van der Waals surface area contributed by atoms with Crippen LogP contribution in [0.1, 0.15) is 12.8 Å². The van der Waals surface area contributed by atoms with E-state index in [4.69, 9.17) is 5.11 Å². The summed E-state index contributed by atoms with van der Waals surface area (Å²) in [5, 5.41) is 12.8. The average molecular weight is 455 g/mol. The second-order valence-corrected chi connectivity index (χ2v) is 7.71. The van der Waals surface area contributed by atoms with Crippen LogP contribution in [0.4, 0.5) is 10.1 Å². The van der Waals surface area contributed by atoms with E-state index in [1.54, 1.807) is 42.9 Å². The van der Waals surface area contributed by atoms with Gasteiger partial charge in [-0.2, -0.15) is 0 Å². The number of aliphatic carboxylic acids is 1. The van der Waals surface area contributed by atoms with Crippen molar-refractivity contribution in [3.63, 3.8) is 0 Å². The Kier molecular flexibility index (Phi) is 5.43. The highest BCUT2D eigenvalue weighted by Gasteiger charge is 2.18. The van der Waals surface area contributed by atoms with E-state index < -0.39 is 17.7 Å². The SMILES string of the molecule is O=C(O)CCC(=O)Nc1cccc(-c2c(F)cnc3[nH]c4cnc(-c5cccnc5)cc4c23)c1. The van der Waals surface area contributed by atoms with Crippen LogP contribution >= 0.6 is 0 Å². The molecule has 5 aromatic rings. The lowest BCUT2D eigenvalue weighted by Gasteiger charge is -2.10. The van der Waals surface area contributed by atoms with Crippen LogP contribution in [0, 0.1) is 5.82 Å². The molecule has 168 valence electrons. The highest BCUT2D eigenvalue weighted by molar-refractivity contribution is 6.13. The molecular weight excluding hydrogens is 437 g/mol. The van der Waals surface area contributed by atoms with E-state index in [9.17, 15) is 9.59 Å². The molecule has 0 atom stereocenters. The molecule has 0 fully saturated rings. The molecule has 0 saturated heterocycles. The van der Waals surface area contributed by atoms with Gasteiger partial charge in [-0.15, -0.1) is 0 Å². The van der Waals surface area contributed by atoms with E-state index in [2.05, 4.69) is 25.3 Å². The normalized spacial score (nSPS) is 11.1. The number of rotatable bonds is 6. The van der Waals surface area contributed by atoms with Gasteiger partial charge in [-0.3, -0.25) is 19.6 Å². The summed E-state index contributed by atoms with van der Waals surface area (Å²) in [5.74, 6) is -1.99. The van der Waals surface area contributed by atoms with Crippen molar-refractivity contribution in [2.24, 2.45) is 0 Å². The Hall–Kier alpha value is -4.66. The summed E-state index contributed by atoms with van der Waals surface area (Å²) < 4.78 is 15.2. The molecule has 5 rings (SSSR count). The summed E-state index contributed by atoms with van der Waals surface area (Å²) in [7, 11) is 0. The Morgan fingerprint density at radius 2 is 1.85 bits per heavy atom. The molecule has 0 spiro atoms. The first-order chi connectivity index (χ1) is 16.5. The average Bonchev–Trinajstić information content (AvgIpc) is 3.21. The maximum Gasteiger partial charge on any atom is 0.303 e. The Morgan fingerprint density at radius 3 is 2.65 bits per heavy atom. The maximum atomic E-state index is 15.2. The molecule has 4 aromatic heterocycles. The van der Waals surface area contributed by atoms with Gasteiger partial charge in [-0.25, -0.2) is 9.37 Å². The molecule has 0 aliphatic carbocycles. The zero-order valence-corrected chi connectivity index (χ0v) is 17.7. The number of anilines is 1. The van der Waals surface area contributed by atoms with E-state index in [0.717, 1.165) is 17.1 Å². The van der Waals surface area contributed by atoms with E-state index in [1.807, 2.05) is 18.2 Å². The number of carbonyl (C=O) groups is 2. The number of nitrogens with zero attached hydrogens (tertiary/aromatic N) is 3. The van der Waals surface area contributed by atoms with Crippen molar-refractivity contribution >= 4 is 39.5 Å². The quantitative estimate of drug-likeness (QED) is 0.339. The van der Waals surface area contributed by atoms with Crippen molar-refractivity contribution in [3.8, 4) is 22.4 Å². The lowest BCUT2D eigenvalue weighted by Crippen LogP contribution is -2.13. The van der Waals surface area contributed by atoms with Crippen LogP contribution in [0.5, 0.6) is 0 Å². The number of carboxylic acid groups (broad SMARTS) is 1. The van der Waals surface area contributed by atoms with Crippen molar-refractivity contribution < 1.29 is 19.1 Å². The topological polar surface area (TPSA) is 121 Å². The summed E-state index contributed by atoms with van der Waals surface area (Å²) >= 11 is 0. The fraction of sp³-hybridized carbons (Fsp3) is 0.0800. The van der Waals surface area contributed by atoms with Gasteiger partial charge in [-0.05, 0) is 35.9 Å². The van der Waals surface area contributed by atoms with Crippen molar-refractivity contribution in [2.75, 3.05) is 5.32 Å². The summed E-state index contributed by atoms with van der Waals surface area (Å²) in [4.78, 5) is 38.8. The largest absolute Gasteiger partial charge is 0.481 e. The zero-order chi connectivity index (χ0) is 23.7. The van der Waals surface area contributed by atoms with Crippen molar-refractivity contribution in [1.82, 2.24) is 19.9 Å². The molecule has 0 saturated carbocycles. The predicted molar refractivity (Wildman–Crippen MR) is 126 cm³/mol. The summed E-state index contributed by atoms with van der Waals surface area (Å²) in [6, 6.07) is 12.3. The Bertz CT molecular complexity index is 1550. The van der Waals surface area contributed by atoms with Gasteiger partial charge in [0.1, 0.15) is 11.5 Å². The first-order valence-electron chi connectivity index (χ1n) is 10.5. The second kappa shape index (κ2) is 8.70. The van der Waals surface area contributed by atoms with Crippen molar-refractivity contribution in [2.45, 2.75) is 12.8 Å². The number of pyridine rings is 3. The number of aromatic amines is 1. The molecule has 34 heavy (non-hydrogen) atoms. The Labute approximate surface area is 192 Å². The number of H-pyrrole nitrogens is 1. The Morgan fingerprint density at radius 1 is 1.00 bits per heavy atom. The van der Waals surface area contributed by atoms with Crippen LogP contribution in [0.15, 0.2) is 67.3 Å². The van der Waals surface area contributed by atoms with Gasteiger partial charge in [0, 0.05) is 46.4 Å². The third kappa shape index (κ3) is 4.06. The number of hydrogen-bond acceptors (Lipinski definition) is 5. The second-order valence-electron chi connectivity index (χ2n) is 7.71. The molecule has 1 amide bonds. The van der Waals surface area contributed by atoms with Crippen LogP contribution in [0.2, 0.25) is 0 Å². The first-order valence-corrected chi connectivity index (χ1v) is 10.5. The minimum absolute atomic E-state index is 0.153. The molecule has 1 aromatic carbocycles. The number of halogens is 1. The number of carbonyl (C=O) groups excluding carboxylic acids is 1. The number of carboxylic acids is 1. The van der Waals surface area contributed by atoms with Gasteiger partial charge in [-0.1, -0.05) is 12.1 Å². The van der Waals surface area contributed by atoms with Gasteiger partial charge in [0.15, 0.2) is 0 Å². The molecular formula is C25H18FN5O3. The monoisotopic (exact) mass is 455 g/mol. The molecule has 4 heterocycles. The fourth-order valence-electron chi connectivity index (χ4n) is 3.89. The van der Waals surface area contributed by atoms with Crippen LogP contribution in [0.25, 0.3) is 44.3 Å². The van der Waals surface area contributed by atoms with E-state index in [-0.39, 0.29) is 12.8 Å². The number of amides is 1. The highest BCUT2D eigenvalue weighted by Crippen LogP contribution is 2.37. The van der Waals surface area contributed by atoms with Crippen LogP contribution in [-0.2, 0) is 9.59 Å². The Balaban J connectivity index is 1.61. The smallest absolute Gasteiger partial charge is 0.303 e. The van der Waals surface area contributed by atoms with Gasteiger partial charge >= 0.3 is 5.97 Å². The van der Waals surface area contributed by atoms with E-state index >= 15 is 4.39 Å². The summed E-state index contributed by atoms with van der Waals surface area (Å²) in [6.45, 7) is 0. The minimum Gasteiger partial charge on any atom is -0.481 e. The third-order valence-corrected chi connectivity index (χ3v) is 5.42. The lowest BCUT2D eigenvalue weighted by atomic mass is 10.00. The number of aromatic nitrogens is 4. The van der Waals surface area contributed by atoms with Crippen molar-refractivity contribution in [3.05, 3.63) is 73.1 Å². The fourth-order valence-corrected chi connectivity index (χ4v) is 3.89. The molecule has 3 N–H and O–H groups in total. The van der Waals surface area contributed by atoms with Crippen LogP contribution < -0.4 is 5.32 Å². The first kappa shape index (κ1) is 21.2.